The number of likely N-dealkylation sites (tertiary alicyclic amines) is 1. The fraction of sp³-hybridized carbons (Fsp3) is 0.393. The third-order valence-corrected chi connectivity index (χ3v) is 7.19. The van der Waals surface area contributed by atoms with Gasteiger partial charge in [-0.2, -0.15) is 23.3 Å². The molecule has 234 valence electrons. The number of alkyl halides is 3. The number of halogens is 4. The van der Waals surface area contributed by atoms with Crippen LogP contribution in [0.3, 0.4) is 0 Å². The first-order chi connectivity index (χ1) is 20.7. The fourth-order valence-corrected chi connectivity index (χ4v) is 5.07. The molecule has 1 saturated heterocycles. The molecule has 1 aliphatic rings. The van der Waals surface area contributed by atoms with Crippen LogP contribution in [0.15, 0.2) is 42.9 Å². The molecule has 0 radical (unpaired) electrons. The molecular weight excluding hydrogens is 603 g/mol. The summed E-state index contributed by atoms with van der Waals surface area (Å²) in [5.74, 6) is 0.513. The number of imidazole rings is 1. The molecule has 3 N–H and O–H groups in total. The average Bonchev–Trinajstić information content (AvgIpc) is 3.54. The summed E-state index contributed by atoms with van der Waals surface area (Å²) in [7, 11) is 1.63. The van der Waals surface area contributed by atoms with E-state index in [9.17, 15) is 18.0 Å². The molecule has 0 aromatic carbocycles. The van der Waals surface area contributed by atoms with Gasteiger partial charge in [0, 0.05) is 38.6 Å². The summed E-state index contributed by atoms with van der Waals surface area (Å²) < 4.78 is 56.1. The number of hydrogen-bond donors (Lipinski definition) is 2. The highest BCUT2D eigenvalue weighted by Gasteiger charge is 2.39. The van der Waals surface area contributed by atoms with E-state index in [0.29, 0.717) is 11.2 Å². The molecule has 5 heterocycles. The standard InChI is InChI=1S/C28H31ClF3N9O3/c1-27(2,3)44-26(42)40-11-8-16(9-12-40)41-20(28(30,31)32)13-21(38-41)36-25-37-24-23(39(25)4)22(29)19(15-35-24)43-18(14-33)17-7-5-6-10-34-17/h5-7,10,13-16H,8-9,11-12,33H2,1-4H3,(H,35,36,37,38)/b18-14+. The topological polar surface area (TPSA) is 138 Å². The van der Waals surface area contributed by atoms with Crippen LogP contribution in [0.5, 0.6) is 5.75 Å². The number of rotatable bonds is 6. The normalized spacial score (nSPS) is 15.1. The molecule has 0 bridgehead atoms. The fourth-order valence-electron chi connectivity index (χ4n) is 4.77. The first-order valence-corrected chi connectivity index (χ1v) is 14.1. The molecule has 44 heavy (non-hydrogen) atoms. The SMILES string of the molecule is Cn1c(Nc2cc(C(F)(F)F)n(C3CCN(C(=O)OC(C)(C)C)CC3)n2)nc2ncc(O/C(=C/N)c3ccccn3)c(Cl)c21. The number of carbonyl (C=O) groups excluding carboxylic acids is 1. The molecule has 0 unspecified atom stereocenters. The minimum absolute atomic E-state index is 0.0681. The van der Waals surface area contributed by atoms with Crippen molar-refractivity contribution in [1.82, 2.24) is 34.2 Å². The molecule has 1 amide bonds. The summed E-state index contributed by atoms with van der Waals surface area (Å²) in [5, 5.41) is 7.28. The summed E-state index contributed by atoms with van der Waals surface area (Å²) >= 11 is 6.66. The average molecular weight is 634 g/mol. The third-order valence-electron chi connectivity index (χ3n) is 6.82. The zero-order chi connectivity index (χ0) is 31.8. The molecule has 0 spiro atoms. The van der Waals surface area contributed by atoms with Crippen LogP contribution in [-0.2, 0) is 18.0 Å². The molecule has 0 atom stereocenters. The van der Waals surface area contributed by atoms with E-state index in [-0.39, 0.29) is 59.9 Å². The molecular formula is C28H31ClF3N9O3. The maximum absolute atomic E-state index is 14.1. The molecule has 16 heteroatoms. The lowest BCUT2D eigenvalue weighted by Gasteiger charge is -2.34. The van der Waals surface area contributed by atoms with Crippen LogP contribution in [0, 0.1) is 0 Å². The molecule has 1 aliphatic heterocycles. The lowest BCUT2D eigenvalue weighted by Crippen LogP contribution is -2.42. The van der Waals surface area contributed by atoms with Gasteiger partial charge >= 0.3 is 12.3 Å². The van der Waals surface area contributed by atoms with Crippen molar-refractivity contribution in [2.75, 3.05) is 18.4 Å². The largest absolute Gasteiger partial charge is 0.450 e. The number of fused-ring (bicyclic) bond motifs is 1. The van der Waals surface area contributed by atoms with Gasteiger partial charge in [-0.25, -0.2) is 9.78 Å². The number of hydrogen-bond acceptors (Lipinski definition) is 9. The minimum Gasteiger partial charge on any atom is -0.450 e. The number of nitrogens with two attached hydrogens (primary N) is 1. The van der Waals surface area contributed by atoms with E-state index in [1.54, 1.807) is 52.2 Å². The molecule has 4 aromatic rings. The number of ether oxygens (including phenoxy) is 2. The van der Waals surface area contributed by atoms with Gasteiger partial charge in [0.05, 0.1) is 12.2 Å². The monoisotopic (exact) mass is 633 g/mol. The van der Waals surface area contributed by atoms with E-state index in [1.807, 2.05) is 0 Å². The van der Waals surface area contributed by atoms with Gasteiger partial charge in [0.25, 0.3) is 0 Å². The molecule has 12 nitrogen and oxygen atoms in total. The van der Waals surface area contributed by atoms with Crippen LogP contribution < -0.4 is 15.8 Å². The summed E-state index contributed by atoms with van der Waals surface area (Å²) in [6.07, 6.45) is -0.415. The number of amides is 1. The van der Waals surface area contributed by atoms with Crippen LogP contribution >= 0.6 is 11.6 Å². The van der Waals surface area contributed by atoms with E-state index < -0.39 is 29.6 Å². The van der Waals surface area contributed by atoms with Crippen molar-refractivity contribution in [1.29, 1.82) is 0 Å². The van der Waals surface area contributed by atoms with E-state index >= 15 is 0 Å². The Kier molecular flexibility index (Phi) is 8.34. The highest BCUT2D eigenvalue weighted by Crippen LogP contribution is 2.38. The highest BCUT2D eigenvalue weighted by atomic mass is 35.5. The minimum atomic E-state index is -4.67. The van der Waals surface area contributed by atoms with Gasteiger partial charge in [-0.3, -0.25) is 9.67 Å². The number of piperidine rings is 1. The van der Waals surface area contributed by atoms with Gasteiger partial charge in [0.2, 0.25) is 5.95 Å². The Hall–Kier alpha value is -4.53. The molecule has 1 fully saturated rings. The van der Waals surface area contributed by atoms with Gasteiger partial charge in [-0.05, 0) is 45.7 Å². The van der Waals surface area contributed by atoms with Gasteiger partial charge < -0.3 is 30.0 Å². The highest BCUT2D eigenvalue weighted by molar-refractivity contribution is 6.36. The Morgan fingerprint density at radius 1 is 1.18 bits per heavy atom. The Balaban J connectivity index is 1.38. The summed E-state index contributed by atoms with van der Waals surface area (Å²) in [5.41, 5.74) is 5.23. The predicted molar refractivity (Wildman–Crippen MR) is 157 cm³/mol. The number of pyridine rings is 2. The first-order valence-electron chi connectivity index (χ1n) is 13.7. The van der Waals surface area contributed by atoms with Crippen molar-refractivity contribution in [3.05, 3.63) is 59.3 Å². The van der Waals surface area contributed by atoms with Crippen LogP contribution in [0.1, 0.15) is 51.0 Å². The number of aryl methyl sites for hydroxylation is 1. The Morgan fingerprint density at radius 3 is 2.52 bits per heavy atom. The van der Waals surface area contributed by atoms with Gasteiger partial charge in [-0.15, -0.1) is 0 Å². The number of nitrogens with zero attached hydrogens (tertiary/aromatic N) is 7. The quantitative estimate of drug-likeness (QED) is 0.249. The van der Waals surface area contributed by atoms with Gasteiger partial charge in [0.1, 0.15) is 27.5 Å². The zero-order valence-electron chi connectivity index (χ0n) is 24.4. The number of aromatic nitrogens is 6. The van der Waals surface area contributed by atoms with Gasteiger partial charge in [0.15, 0.2) is 23.0 Å². The van der Waals surface area contributed by atoms with E-state index in [2.05, 4.69) is 25.4 Å². The summed E-state index contributed by atoms with van der Waals surface area (Å²) in [4.78, 5) is 26.8. The van der Waals surface area contributed by atoms with Crippen molar-refractivity contribution in [3.63, 3.8) is 0 Å². The van der Waals surface area contributed by atoms with Crippen LogP contribution in [0.2, 0.25) is 5.02 Å². The van der Waals surface area contributed by atoms with E-state index in [0.717, 1.165) is 10.7 Å². The van der Waals surface area contributed by atoms with Gasteiger partial charge in [-0.1, -0.05) is 17.7 Å². The Bertz CT molecular complexity index is 1690. The van der Waals surface area contributed by atoms with Crippen molar-refractivity contribution >= 4 is 46.4 Å². The maximum Gasteiger partial charge on any atom is 0.433 e. The summed E-state index contributed by atoms with van der Waals surface area (Å²) in [6, 6.07) is 5.58. The number of nitrogens with one attached hydrogen (secondary N) is 1. The second kappa shape index (κ2) is 11.9. The molecule has 0 saturated carbocycles. The first kappa shape index (κ1) is 30.9. The second-order valence-electron chi connectivity index (χ2n) is 11.1. The van der Waals surface area contributed by atoms with E-state index in [1.165, 1.54) is 21.9 Å². The molecule has 4 aromatic heterocycles. The van der Waals surface area contributed by atoms with E-state index in [4.69, 9.17) is 26.8 Å². The second-order valence-corrected chi connectivity index (χ2v) is 11.5. The molecule has 5 rings (SSSR count). The van der Waals surface area contributed by atoms with Crippen LogP contribution in [-0.4, -0.2) is 59.0 Å². The van der Waals surface area contributed by atoms with Crippen molar-refractivity contribution in [2.45, 2.75) is 51.4 Å². The van der Waals surface area contributed by atoms with Crippen LogP contribution in [0.4, 0.5) is 29.7 Å². The Labute approximate surface area is 255 Å². The lowest BCUT2D eigenvalue weighted by atomic mass is 10.1. The third kappa shape index (κ3) is 6.51. The van der Waals surface area contributed by atoms with Crippen molar-refractivity contribution < 1.29 is 27.4 Å². The zero-order valence-corrected chi connectivity index (χ0v) is 25.1. The summed E-state index contributed by atoms with van der Waals surface area (Å²) in [6.45, 7) is 5.74. The molecule has 0 aliphatic carbocycles. The number of carbonyl (C=O) groups is 1. The maximum atomic E-state index is 14.1. The smallest absolute Gasteiger partial charge is 0.433 e. The van der Waals surface area contributed by atoms with Crippen molar-refractivity contribution in [2.24, 2.45) is 12.8 Å². The van der Waals surface area contributed by atoms with Crippen molar-refractivity contribution in [3.8, 4) is 5.75 Å². The number of anilines is 2. The Morgan fingerprint density at radius 2 is 1.91 bits per heavy atom. The van der Waals surface area contributed by atoms with Crippen LogP contribution in [0.25, 0.3) is 16.9 Å². The predicted octanol–water partition coefficient (Wildman–Crippen LogP) is 5.88. The lowest BCUT2D eigenvalue weighted by molar-refractivity contribution is -0.145.